The van der Waals surface area contributed by atoms with Crippen molar-refractivity contribution in [3.63, 3.8) is 0 Å². The van der Waals surface area contributed by atoms with Crippen molar-refractivity contribution >= 4 is 22.5 Å². The Kier molecular flexibility index (Phi) is 4.93. The molecule has 0 aliphatic carbocycles. The van der Waals surface area contributed by atoms with Crippen LogP contribution in [0.1, 0.15) is 35.1 Å². The molecule has 2 aromatic heterocycles. The monoisotopic (exact) mass is 384 g/mol. The van der Waals surface area contributed by atoms with Gasteiger partial charge in [0.25, 0.3) is 5.56 Å². The summed E-state index contributed by atoms with van der Waals surface area (Å²) < 4.78 is 7.07. The lowest BCUT2D eigenvalue weighted by Crippen LogP contribution is -2.30. The lowest BCUT2D eigenvalue weighted by molar-refractivity contribution is 0.0920. The maximum Gasteiger partial charge on any atom is 0.277 e. The number of halogens is 1. The predicted molar refractivity (Wildman–Crippen MR) is 104 cm³/mol. The Bertz CT molecular complexity index is 1040. The van der Waals surface area contributed by atoms with Gasteiger partial charge >= 0.3 is 0 Å². The average molecular weight is 385 g/mol. The van der Waals surface area contributed by atoms with E-state index in [1.54, 1.807) is 12.3 Å². The molecule has 0 saturated carbocycles. The van der Waals surface area contributed by atoms with Gasteiger partial charge in [-0.25, -0.2) is 9.67 Å². The maximum absolute atomic E-state index is 13.0. The lowest BCUT2D eigenvalue weighted by atomic mass is 9.95. The second-order valence-electron chi connectivity index (χ2n) is 7.06. The van der Waals surface area contributed by atoms with Crippen LogP contribution >= 0.6 is 11.6 Å². The smallest absolute Gasteiger partial charge is 0.277 e. The molecule has 140 valence electrons. The van der Waals surface area contributed by atoms with Crippen molar-refractivity contribution < 1.29 is 4.74 Å². The van der Waals surface area contributed by atoms with E-state index in [0.29, 0.717) is 29.0 Å². The molecule has 1 unspecified atom stereocenters. The Morgan fingerprint density at radius 2 is 2.15 bits per heavy atom. The van der Waals surface area contributed by atoms with E-state index in [-0.39, 0.29) is 11.7 Å². The zero-order valence-electron chi connectivity index (χ0n) is 15.4. The van der Waals surface area contributed by atoms with Crippen LogP contribution in [0.2, 0.25) is 5.15 Å². The van der Waals surface area contributed by atoms with Crippen LogP contribution in [0.25, 0.3) is 10.9 Å². The largest absolute Gasteiger partial charge is 0.376 e. The van der Waals surface area contributed by atoms with E-state index >= 15 is 0 Å². The van der Waals surface area contributed by atoms with Crippen LogP contribution in [0.4, 0.5) is 0 Å². The van der Waals surface area contributed by atoms with E-state index < -0.39 is 0 Å². The van der Waals surface area contributed by atoms with Crippen LogP contribution in [-0.4, -0.2) is 32.7 Å². The Labute approximate surface area is 162 Å². The molecule has 3 aromatic rings. The quantitative estimate of drug-likeness (QED) is 0.646. The fourth-order valence-electron chi connectivity index (χ4n) is 3.56. The molecule has 6 nitrogen and oxygen atoms in total. The highest BCUT2D eigenvalue weighted by Crippen LogP contribution is 2.23. The first-order valence-electron chi connectivity index (χ1n) is 9.11. The molecule has 27 heavy (non-hydrogen) atoms. The second kappa shape index (κ2) is 7.37. The van der Waals surface area contributed by atoms with Crippen LogP contribution in [0.3, 0.4) is 0 Å². The summed E-state index contributed by atoms with van der Waals surface area (Å²) in [6.07, 6.45) is 4.47. The standard InChI is InChI=1S/C20H21ClN4O2/c1-12-13(2)19-17(9-15(12)8-14-5-6-18(21)22-10-14)20(26)25(24-23-19)11-16-4-3-7-27-16/h5-6,9-10,16H,3-4,7-8,11H2,1-2H3. The fraction of sp³-hybridized carbons (Fsp3) is 0.400. The summed E-state index contributed by atoms with van der Waals surface area (Å²) in [6.45, 7) is 5.23. The molecule has 1 fully saturated rings. The van der Waals surface area contributed by atoms with Crippen molar-refractivity contribution in [1.82, 2.24) is 20.0 Å². The normalized spacial score (nSPS) is 16.9. The average Bonchev–Trinajstić information content (AvgIpc) is 3.17. The van der Waals surface area contributed by atoms with Crippen molar-refractivity contribution in [2.75, 3.05) is 6.61 Å². The first-order chi connectivity index (χ1) is 13.0. The molecule has 1 atom stereocenters. The van der Waals surface area contributed by atoms with E-state index in [4.69, 9.17) is 16.3 Å². The van der Waals surface area contributed by atoms with E-state index in [1.807, 2.05) is 26.0 Å². The van der Waals surface area contributed by atoms with Crippen LogP contribution in [-0.2, 0) is 17.7 Å². The summed E-state index contributed by atoms with van der Waals surface area (Å²) in [6, 6.07) is 5.67. The molecule has 0 N–H and O–H groups in total. The summed E-state index contributed by atoms with van der Waals surface area (Å²) in [4.78, 5) is 17.1. The number of fused-ring (bicyclic) bond motifs is 1. The van der Waals surface area contributed by atoms with Gasteiger partial charge in [-0.3, -0.25) is 4.79 Å². The van der Waals surface area contributed by atoms with Crippen molar-refractivity contribution in [1.29, 1.82) is 0 Å². The Balaban J connectivity index is 1.75. The topological polar surface area (TPSA) is 69.9 Å². The van der Waals surface area contributed by atoms with Crippen molar-refractivity contribution in [2.24, 2.45) is 0 Å². The number of hydrogen-bond acceptors (Lipinski definition) is 5. The van der Waals surface area contributed by atoms with Gasteiger partial charge in [0, 0.05) is 12.8 Å². The molecule has 1 aliphatic heterocycles. The minimum Gasteiger partial charge on any atom is -0.376 e. The molecule has 0 amide bonds. The minimum absolute atomic E-state index is 0.0422. The van der Waals surface area contributed by atoms with Gasteiger partial charge in [-0.05, 0) is 67.5 Å². The third kappa shape index (κ3) is 3.59. The van der Waals surface area contributed by atoms with Gasteiger partial charge < -0.3 is 4.74 Å². The minimum atomic E-state index is -0.117. The summed E-state index contributed by atoms with van der Waals surface area (Å²) in [5.41, 5.74) is 4.77. The predicted octanol–water partition coefficient (Wildman–Crippen LogP) is 3.23. The number of benzene rings is 1. The number of rotatable bonds is 4. The van der Waals surface area contributed by atoms with Gasteiger partial charge in [-0.1, -0.05) is 22.9 Å². The Morgan fingerprint density at radius 3 is 2.85 bits per heavy atom. The van der Waals surface area contributed by atoms with Gasteiger partial charge in [-0.2, -0.15) is 0 Å². The highest BCUT2D eigenvalue weighted by molar-refractivity contribution is 6.29. The van der Waals surface area contributed by atoms with Crippen molar-refractivity contribution in [3.05, 3.63) is 62.2 Å². The molecular weight excluding hydrogens is 364 g/mol. The summed E-state index contributed by atoms with van der Waals surface area (Å²) in [7, 11) is 0. The zero-order valence-corrected chi connectivity index (χ0v) is 16.2. The van der Waals surface area contributed by atoms with Crippen molar-refractivity contribution in [3.8, 4) is 0 Å². The highest BCUT2D eigenvalue weighted by Gasteiger charge is 2.19. The molecule has 0 radical (unpaired) electrons. The molecule has 0 bridgehead atoms. The molecule has 4 rings (SSSR count). The van der Waals surface area contributed by atoms with E-state index in [2.05, 4.69) is 15.3 Å². The third-order valence-electron chi connectivity index (χ3n) is 5.27. The van der Waals surface area contributed by atoms with Gasteiger partial charge in [-0.15, -0.1) is 5.10 Å². The van der Waals surface area contributed by atoms with Crippen LogP contribution in [0, 0.1) is 13.8 Å². The molecular formula is C20H21ClN4O2. The highest BCUT2D eigenvalue weighted by atomic mass is 35.5. The number of aromatic nitrogens is 4. The van der Waals surface area contributed by atoms with E-state index in [9.17, 15) is 4.79 Å². The summed E-state index contributed by atoms with van der Waals surface area (Å²) in [5.74, 6) is 0. The van der Waals surface area contributed by atoms with Crippen molar-refractivity contribution in [2.45, 2.75) is 45.8 Å². The van der Waals surface area contributed by atoms with Gasteiger partial charge in [0.1, 0.15) is 10.7 Å². The molecule has 7 heteroatoms. The molecule has 0 spiro atoms. The molecule has 1 saturated heterocycles. The van der Waals surface area contributed by atoms with E-state index in [1.165, 1.54) is 4.68 Å². The van der Waals surface area contributed by atoms with Crippen LogP contribution in [0.5, 0.6) is 0 Å². The number of aryl methyl sites for hydroxylation is 1. The molecule has 1 aliphatic rings. The maximum atomic E-state index is 13.0. The second-order valence-corrected chi connectivity index (χ2v) is 7.45. The first-order valence-corrected chi connectivity index (χ1v) is 9.49. The number of pyridine rings is 1. The van der Waals surface area contributed by atoms with Crippen LogP contribution < -0.4 is 5.56 Å². The van der Waals surface area contributed by atoms with Gasteiger partial charge in [0.15, 0.2) is 0 Å². The molecule has 1 aromatic carbocycles. The van der Waals surface area contributed by atoms with Gasteiger partial charge in [0.05, 0.1) is 18.0 Å². The SMILES string of the molecule is Cc1c(Cc2ccc(Cl)nc2)cc2c(=O)n(CC3CCCO3)nnc2c1C. The molecule has 3 heterocycles. The summed E-state index contributed by atoms with van der Waals surface area (Å²) in [5, 5.41) is 9.55. The zero-order chi connectivity index (χ0) is 19.0. The fourth-order valence-corrected chi connectivity index (χ4v) is 3.67. The third-order valence-corrected chi connectivity index (χ3v) is 5.50. The number of hydrogen-bond donors (Lipinski definition) is 0. The Hall–Kier alpha value is -2.31. The summed E-state index contributed by atoms with van der Waals surface area (Å²) >= 11 is 5.88. The van der Waals surface area contributed by atoms with Gasteiger partial charge in [0.2, 0.25) is 0 Å². The van der Waals surface area contributed by atoms with Crippen LogP contribution in [0.15, 0.2) is 29.2 Å². The number of ether oxygens (including phenoxy) is 1. The number of nitrogens with zero attached hydrogens (tertiary/aromatic N) is 4. The first kappa shape index (κ1) is 18.1. The Morgan fingerprint density at radius 1 is 1.30 bits per heavy atom. The van der Waals surface area contributed by atoms with E-state index in [0.717, 1.165) is 41.7 Å². The lowest BCUT2D eigenvalue weighted by Gasteiger charge is -2.14.